The van der Waals surface area contributed by atoms with E-state index >= 15 is 0 Å². The average molecular weight is 698 g/mol. The number of nitriles is 1. The van der Waals surface area contributed by atoms with Gasteiger partial charge in [0.15, 0.2) is 0 Å². The minimum absolute atomic E-state index is 0.196. The zero-order valence-electron chi connectivity index (χ0n) is 29.8. The van der Waals surface area contributed by atoms with Crippen molar-refractivity contribution in [1.29, 1.82) is 5.26 Å². The Hall–Kier alpha value is -4.65. The molecule has 1 saturated carbocycles. The molecule has 15 heteroatoms. The number of benzene rings is 1. The van der Waals surface area contributed by atoms with Crippen LogP contribution < -0.4 is 14.8 Å². The van der Waals surface area contributed by atoms with E-state index in [2.05, 4.69) is 60.3 Å². The first-order valence-electron chi connectivity index (χ1n) is 17.9. The van der Waals surface area contributed by atoms with Gasteiger partial charge in [0.05, 0.1) is 50.8 Å². The average Bonchev–Trinajstić information content (AvgIpc) is 3.85. The molecule has 1 N–H and O–H groups in total. The van der Waals surface area contributed by atoms with Crippen molar-refractivity contribution in [3.05, 3.63) is 48.7 Å². The number of nitrogens with one attached hydrogen (secondary N) is 1. The van der Waals surface area contributed by atoms with Crippen molar-refractivity contribution in [1.82, 2.24) is 44.9 Å². The van der Waals surface area contributed by atoms with Gasteiger partial charge in [0.2, 0.25) is 5.95 Å². The maximum Gasteiger partial charge on any atom is 0.256 e. The van der Waals surface area contributed by atoms with E-state index in [1.165, 1.54) is 19.2 Å². The smallest absolute Gasteiger partial charge is 0.256 e. The number of hydrogen-bond acceptors (Lipinski definition) is 13. The molecule has 1 aromatic carbocycles. The van der Waals surface area contributed by atoms with Gasteiger partial charge in [-0.15, -0.1) is 10.2 Å². The van der Waals surface area contributed by atoms with Crippen LogP contribution in [0.3, 0.4) is 0 Å². The van der Waals surface area contributed by atoms with E-state index < -0.39 is 0 Å². The number of rotatable bonds is 14. The van der Waals surface area contributed by atoms with Crippen molar-refractivity contribution in [2.24, 2.45) is 5.41 Å². The van der Waals surface area contributed by atoms with Crippen molar-refractivity contribution < 1.29 is 18.9 Å². The molecule has 51 heavy (non-hydrogen) atoms. The van der Waals surface area contributed by atoms with E-state index in [0.717, 1.165) is 55.7 Å². The molecule has 2 bridgehead atoms. The van der Waals surface area contributed by atoms with Gasteiger partial charge in [-0.05, 0) is 73.6 Å². The van der Waals surface area contributed by atoms with Crippen molar-refractivity contribution >= 4 is 11.6 Å². The number of aromatic nitrogens is 8. The van der Waals surface area contributed by atoms with Crippen LogP contribution in [-0.2, 0) is 16.0 Å². The van der Waals surface area contributed by atoms with Gasteiger partial charge >= 0.3 is 0 Å². The third-order valence-corrected chi connectivity index (χ3v) is 10.1. The Balaban J connectivity index is 1.05. The summed E-state index contributed by atoms with van der Waals surface area (Å²) in [4.78, 5) is 12.0. The van der Waals surface area contributed by atoms with Crippen LogP contribution >= 0.6 is 0 Å². The van der Waals surface area contributed by atoms with E-state index in [9.17, 15) is 5.26 Å². The largest absolute Gasteiger partial charge is 0.487 e. The Morgan fingerprint density at radius 2 is 1.73 bits per heavy atom. The Bertz CT molecular complexity index is 1770. The van der Waals surface area contributed by atoms with Gasteiger partial charge in [-0.1, -0.05) is 19.9 Å². The van der Waals surface area contributed by atoms with E-state index in [1.807, 2.05) is 25.3 Å². The molecule has 0 radical (unpaired) electrons. The molecule has 2 aliphatic heterocycles. The zero-order chi connectivity index (χ0) is 35.4. The minimum atomic E-state index is -0.272. The molecule has 3 atom stereocenters. The quantitative estimate of drug-likeness (QED) is 0.191. The number of nitrogens with zero attached hydrogens (tertiary/aromatic N) is 10. The lowest BCUT2D eigenvalue weighted by Gasteiger charge is -2.43. The first-order valence-corrected chi connectivity index (χ1v) is 17.9. The van der Waals surface area contributed by atoms with E-state index in [0.29, 0.717) is 61.0 Å². The third-order valence-electron chi connectivity index (χ3n) is 10.1. The second-order valence-corrected chi connectivity index (χ2v) is 14.7. The number of morpholine rings is 1. The molecule has 0 unspecified atom stereocenters. The van der Waals surface area contributed by atoms with Gasteiger partial charge < -0.3 is 24.3 Å². The summed E-state index contributed by atoms with van der Waals surface area (Å²) in [5.74, 6) is 1.41. The van der Waals surface area contributed by atoms with E-state index in [4.69, 9.17) is 24.0 Å². The summed E-state index contributed by atoms with van der Waals surface area (Å²) in [7, 11) is 1.70. The number of ether oxygens (including phenoxy) is 4. The topological polar surface area (TPSA) is 163 Å². The van der Waals surface area contributed by atoms with E-state index in [-0.39, 0.29) is 17.6 Å². The summed E-state index contributed by atoms with van der Waals surface area (Å²) in [5.41, 5.74) is 2.56. The second-order valence-electron chi connectivity index (χ2n) is 14.7. The Labute approximate surface area is 298 Å². The fourth-order valence-electron chi connectivity index (χ4n) is 7.66. The number of methoxy groups -OCH3 is 1. The fraction of sp³-hybridized carbons (Fsp3) is 0.583. The molecule has 0 amide bonds. The highest BCUT2D eigenvalue weighted by Crippen LogP contribution is 2.40. The number of anilines is 2. The summed E-state index contributed by atoms with van der Waals surface area (Å²) in [6.07, 6.45) is 13.7. The fourth-order valence-corrected chi connectivity index (χ4v) is 7.66. The number of tetrazole rings is 1. The monoisotopic (exact) mass is 697 g/mol. The first kappa shape index (κ1) is 34.8. The molecule has 7 rings (SSSR count). The Kier molecular flexibility index (Phi) is 10.4. The first-order chi connectivity index (χ1) is 24.8. The zero-order valence-corrected chi connectivity index (χ0v) is 29.8. The Morgan fingerprint density at radius 1 is 1.00 bits per heavy atom. The third kappa shape index (κ3) is 8.14. The summed E-state index contributed by atoms with van der Waals surface area (Å²) >= 11 is 0. The SMILES string of the molecule is COCC(C)(C)COc1nn(C2CCC(N3[C@@H]4CC[C@H]3COC4)CC2)cc1Nc1ncc(-c2ccc(C#N)c(O[C@@H](C)Cn3cnnn3)c2)cn1. The molecule has 5 heterocycles. The molecule has 1 aliphatic carbocycles. The van der Waals surface area contributed by atoms with Crippen LogP contribution in [-0.4, -0.2) is 103 Å². The lowest BCUT2D eigenvalue weighted by Crippen LogP contribution is -2.52. The van der Waals surface area contributed by atoms with Crippen LogP contribution in [0.1, 0.15) is 70.9 Å². The molecule has 4 aromatic rings. The molecule has 2 saturated heterocycles. The molecule has 3 aliphatic rings. The molecular weight excluding hydrogens is 650 g/mol. The highest BCUT2D eigenvalue weighted by atomic mass is 16.5. The van der Waals surface area contributed by atoms with Crippen molar-refractivity contribution in [2.45, 2.75) is 96.1 Å². The van der Waals surface area contributed by atoms with Crippen molar-refractivity contribution in [3.8, 4) is 28.8 Å². The lowest BCUT2D eigenvalue weighted by molar-refractivity contribution is -0.0458. The van der Waals surface area contributed by atoms with Crippen molar-refractivity contribution in [2.75, 3.05) is 38.9 Å². The van der Waals surface area contributed by atoms with Gasteiger partial charge in [-0.3, -0.25) is 9.58 Å². The Morgan fingerprint density at radius 3 is 2.41 bits per heavy atom. The molecule has 0 spiro atoms. The van der Waals surface area contributed by atoms with Crippen molar-refractivity contribution in [3.63, 3.8) is 0 Å². The summed E-state index contributed by atoms with van der Waals surface area (Å²) < 4.78 is 27.4. The highest BCUT2D eigenvalue weighted by molar-refractivity contribution is 5.67. The molecule has 15 nitrogen and oxygen atoms in total. The van der Waals surface area contributed by atoms with Gasteiger partial charge in [0, 0.05) is 48.6 Å². The summed E-state index contributed by atoms with van der Waals surface area (Å²) in [6, 6.07) is 9.71. The maximum atomic E-state index is 9.70. The van der Waals surface area contributed by atoms with E-state index in [1.54, 1.807) is 30.3 Å². The second kappa shape index (κ2) is 15.3. The highest BCUT2D eigenvalue weighted by Gasteiger charge is 2.42. The van der Waals surface area contributed by atoms with Crippen LogP contribution in [0.5, 0.6) is 11.6 Å². The predicted octanol–water partition coefficient (Wildman–Crippen LogP) is 4.81. The molecule has 3 aromatic heterocycles. The lowest BCUT2D eigenvalue weighted by atomic mass is 9.89. The van der Waals surface area contributed by atoms with Crippen LogP contribution in [0.25, 0.3) is 11.1 Å². The summed E-state index contributed by atoms with van der Waals surface area (Å²) in [6.45, 7) is 9.31. The number of fused-ring (bicyclic) bond motifs is 2. The molecule has 270 valence electrons. The van der Waals surface area contributed by atoms with Crippen LogP contribution in [0.4, 0.5) is 11.6 Å². The van der Waals surface area contributed by atoms with Gasteiger partial charge in [0.1, 0.15) is 29.9 Å². The summed E-state index contributed by atoms with van der Waals surface area (Å²) in [5, 5.41) is 29.2. The van der Waals surface area contributed by atoms with Gasteiger partial charge in [0.25, 0.3) is 5.88 Å². The predicted molar refractivity (Wildman–Crippen MR) is 188 cm³/mol. The normalized spacial score (nSPS) is 22.7. The maximum absolute atomic E-state index is 9.70. The van der Waals surface area contributed by atoms with Gasteiger partial charge in [-0.2, -0.15) is 5.26 Å². The van der Waals surface area contributed by atoms with Crippen LogP contribution in [0.15, 0.2) is 43.1 Å². The van der Waals surface area contributed by atoms with Crippen LogP contribution in [0.2, 0.25) is 0 Å². The standard InChI is InChI=1S/C36H47N11O4/c1-24(17-45-23-40-43-44-45)51-33-13-25(5-6-26(33)14-37)27-15-38-35(39-16-27)41-32-18-46(42-34(32)50-22-36(2,3)21-48-4)28-7-9-29(10-8-28)47-30-11-12-31(47)20-49-19-30/h5-6,13,15-16,18,23-24,28-31H,7-12,17,19-22H2,1-4H3,(H,38,39,41)/t24-,28?,29?,30-,31+/m0/s1. The minimum Gasteiger partial charge on any atom is -0.487 e. The van der Waals surface area contributed by atoms with Crippen LogP contribution in [0, 0.1) is 16.7 Å². The van der Waals surface area contributed by atoms with Gasteiger partial charge in [-0.25, -0.2) is 14.6 Å². The molecular formula is C36H47N11O4. The molecule has 3 fully saturated rings. The number of hydrogen-bond donors (Lipinski definition) is 1.